The molecule has 0 N–H and O–H groups in total. The third-order valence-electron chi connectivity index (χ3n) is 4.01. The molecule has 1 heterocycles. The highest BCUT2D eigenvalue weighted by Crippen LogP contribution is 2.27. The van der Waals surface area contributed by atoms with Crippen molar-refractivity contribution in [2.75, 3.05) is 0 Å². The first kappa shape index (κ1) is 13.4. The highest BCUT2D eigenvalue weighted by Gasteiger charge is 2.43. The maximum Gasteiger partial charge on any atom is 0.494 e. The van der Waals surface area contributed by atoms with Gasteiger partial charge in [-0.2, -0.15) is 0 Å². The van der Waals surface area contributed by atoms with Gasteiger partial charge in [0, 0.05) is 0 Å². The standard InChI is InChI=1S/C17H19BO2/c1-13-17(2,3)20-18(19-13)16-11-9-15(10-12-16)14-7-5-4-6-8-14/h4-13H,1-3H3. The second-order valence-electron chi connectivity index (χ2n) is 5.82. The van der Waals surface area contributed by atoms with Crippen molar-refractivity contribution in [3.8, 4) is 11.1 Å². The Bertz CT molecular complexity index is 578. The van der Waals surface area contributed by atoms with Crippen LogP contribution in [0.15, 0.2) is 54.6 Å². The van der Waals surface area contributed by atoms with Crippen molar-refractivity contribution in [3.05, 3.63) is 54.6 Å². The van der Waals surface area contributed by atoms with Crippen LogP contribution in [0.5, 0.6) is 0 Å². The van der Waals surface area contributed by atoms with Gasteiger partial charge in [0.05, 0.1) is 11.7 Å². The highest BCUT2D eigenvalue weighted by atomic mass is 16.7. The summed E-state index contributed by atoms with van der Waals surface area (Å²) in [4.78, 5) is 0. The van der Waals surface area contributed by atoms with Gasteiger partial charge in [-0.1, -0.05) is 54.6 Å². The fraction of sp³-hybridized carbons (Fsp3) is 0.294. The first-order valence-electron chi connectivity index (χ1n) is 7.05. The van der Waals surface area contributed by atoms with Crippen LogP contribution in [-0.4, -0.2) is 18.8 Å². The van der Waals surface area contributed by atoms with E-state index in [1.165, 1.54) is 11.1 Å². The lowest BCUT2D eigenvalue weighted by molar-refractivity contribution is 0.0842. The molecule has 3 rings (SSSR count). The molecule has 2 aromatic carbocycles. The van der Waals surface area contributed by atoms with Crippen molar-refractivity contribution in [3.63, 3.8) is 0 Å². The molecule has 1 aliphatic heterocycles. The lowest BCUT2D eigenvalue weighted by Crippen LogP contribution is -2.34. The Balaban J connectivity index is 1.81. The van der Waals surface area contributed by atoms with Crippen molar-refractivity contribution < 1.29 is 9.31 Å². The smallest absolute Gasteiger partial charge is 0.402 e. The van der Waals surface area contributed by atoms with E-state index in [1.54, 1.807) is 0 Å². The zero-order valence-electron chi connectivity index (χ0n) is 12.2. The number of hydrogen-bond donors (Lipinski definition) is 0. The molecule has 1 saturated heterocycles. The van der Waals surface area contributed by atoms with E-state index in [0.717, 1.165) is 5.46 Å². The van der Waals surface area contributed by atoms with Crippen LogP contribution in [0, 0.1) is 0 Å². The van der Waals surface area contributed by atoms with Crippen molar-refractivity contribution in [2.24, 2.45) is 0 Å². The van der Waals surface area contributed by atoms with E-state index in [1.807, 2.05) is 6.07 Å². The minimum absolute atomic E-state index is 0.0984. The normalized spacial score (nSPS) is 21.1. The van der Waals surface area contributed by atoms with Crippen LogP contribution >= 0.6 is 0 Å². The van der Waals surface area contributed by atoms with Gasteiger partial charge in [-0.25, -0.2) is 0 Å². The third kappa shape index (κ3) is 2.51. The monoisotopic (exact) mass is 266 g/mol. The van der Waals surface area contributed by atoms with Gasteiger partial charge in [0.25, 0.3) is 0 Å². The van der Waals surface area contributed by atoms with E-state index < -0.39 is 0 Å². The molecule has 3 heteroatoms. The third-order valence-corrected chi connectivity index (χ3v) is 4.01. The largest absolute Gasteiger partial charge is 0.494 e. The summed E-state index contributed by atoms with van der Waals surface area (Å²) in [7, 11) is -0.259. The molecule has 102 valence electrons. The SMILES string of the molecule is CC1OB(c2ccc(-c3ccccc3)cc2)OC1(C)C. The van der Waals surface area contributed by atoms with Gasteiger partial charge < -0.3 is 9.31 Å². The van der Waals surface area contributed by atoms with Crippen LogP contribution < -0.4 is 5.46 Å². The summed E-state index contributed by atoms with van der Waals surface area (Å²) < 4.78 is 11.9. The molecule has 0 amide bonds. The van der Waals surface area contributed by atoms with Gasteiger partial charge in [0.15, 0.2) is 0 Å². The van der Waals surface area contributed by atoms with Gasteiger partial charge in [-0.05, 0) is 37.4 Å². The molecule has 0 aliphatic carbocycles. The molecule has 2 aromatic rings. The Hall–Kier alpha value is -1.58. The summed E-state index contributed by atoms with van der Waals surface area (Å²) in [6.07, 6.45) is 0.0984. The Morgan fingerprint density at radius 2 is 1.50 bits per heavy atom. The van der Waals surface area contributed by atoms with Crippen LogP contribution in [0.4, 0.5) is 0 Å². The van der Waals surface area contributed by atoms with E-state index in [4.69, 9.17) is 9.31 Å². The predicted molar refractivity (Wildman–Crippen MR) is 83.0 cm³/mol. The fourth-order valence-corrected chi connectivity index (χ4v) is 2.36. The molecule has 0 radical (unpaired) electrons. The van der Waals surface area contributed by atoms with Gasteiger partial charge in [-0.3, -0.25) is 0 Å². The molecule has 2 nitrogen and oxygen atoms in total. The fourth-order valence-electron chi connectivity index (χ4n) is 2.36. The molecule has 0 saturated carbocycles. The van der Waals surface area contributed by atoms with Crippen molar-refractivity contribution in [1.82, 2.24) is 0 Å². The predicted octanol–water partition coefficient (Wildman–Crippen LogP) is 3.26. The number of rotatable bonds is 2. The molecule has 1 fully saturated rings. The highest BCUT2D eigenvalue weighted by molar-refractivity contribution is 6.62. The first-order valence-corrected chi connectivity index (χ1v) is 7.05. The second kappa shape index (κ2) is 5.08. The van der Waals surface area contributed by atoms with Gasteiger partial charge in [0.1, 0.15) is 0 Å². The minimum Gasteiger partial charge on any atom is -0.402 e. The Labute approximate surface area is 120 Å². The van der Waals surface area contributed by atoms with Crippen molar-refractivity contribution >= 4 is 12.6 Å². The average Bonchev–Trinajstić information content (AvgIpc) is 2.74. The van der Waals surface area contributed by atoms with Crippen molar-refractivity contribution in [1.29, 1.82) is 0 Å². The lowest BCUT2D eigenvalue weighted by atomic mass is 9.78. The van der Waals surface area contributed by atoms with Gasteiger partial charge in [-0.15, -0.1) is 0 Å². The van der Waals surface area contributed by atoms with E-state index in [-0.39, 0.29) is 18.8 Å². The van der Waals surface area contributed by atoms with E-state index in [0.29, 0.717) is 0 Å². The van der Waals surface area contributed by atoms with E-state index >= 15 is 0 Å². The maximum absolute atomic E-state index is 5.97. The second-order valence-corrected chi connectivity index (χ2v) is 5.82. The Kier molecular flexibility index (Phi) is 3.40. The summed E-state index contributed by atoms with van der Waals surface area (Å²) >= 11 is 0. The summed E-state index contributed by atoms with van der Waals surface area (Å²) in [6, 6.07) is 18.8. The minimum atomic E-state index is -0.259. The topological polar surface area (TPSA) is 18.5 Å². The van der Waals surface area contributed by atoms with Crippen LogP contribution in [0.3, 0.4) is 0 Å². The van der Waals surface area contributed by atoms with Gasteiger partial charge >= 0.3 is 7.12 Å². The summed E-state index contributed by atoms with van der Waals surface area (Å²) in [6.45, 7) is 6.18. The van der Waals surface area contributed by atoms with Crippen LogP contribution in [0.1, 0.15) is 20.8 Å². The molecule has 0 spiro atoms. The molecule has 0 aromatic heterocycles. The van der Waals surface area contributed by atoms with Crippen LogP contribution in [0.25, 0.3) is 11.1 Å². The summed E-state index contributed by atoms with van der Waals surface area (Å²) in [5, 5.41) is 0. The molecule has 0 bridgehead atoms. The Morgan fingerprint density at radius 3 is 2.05 bits per heavy atom. The number of hydrogen-bond acceptors (Lipinski definition) is 2. The molecular formula is C17H19BO2. The van der Waals surface area contributed by atoms with Crippen LogP contribution in [-0.2, 0) is 9.31 Å². The average molecular weight is 266 g/mol. The lowest BCUT2D eigenvalue weighted by Gasteiger charge is -2.21. The molecule has 1 unspecified atom stereocenters. The zero-order chi connectivity index (χ0) is 14.2. The quantitative estimate of drug-likeness (QED) is 0.777. The van der Waals surface area contributed by atoms with Crippen molar-refractivity contribution in [2.45, 2.75) is 32.5 Å². The number of benzene rings is 2. The van der Waals surface area contributed by atoms with Crippen LogP contribution in [0.2, 0.25) is 0 Å². The maximum atomic E-state index is 5.97. The molecule has 1 atom stereocenters. The zero-order valence-corrected chi connectivity index (χ0v) is 12.2. The first-order chi connectivity index (χ1) is 9.56. The van der Waals surface area contributed by atoms with E-state index in [9.17, 15) is 0 Å². The molecule has 20 heavy (non-hydrogen) atoms. The van der Waals surface area contributed by atoms with Gasteiger partial charge in [0.2, 0.25) is 0 Å². The Morgan fingerprint density at radius 1 is 0.900 bits per heavy atom. The summed E-state index contributed by atoms with van der Waals surface area (Å²) in [5.41, 5.74) is 3.27. The summed E-state index contributed by atoms with van der Waals surface area (Å²) in [5.74, 6) is 0. The van der Waals surface area contributed by atoms with E-state index in [2.05, 4.69) is 69.3 Å². The molecular weight excluding hydrogens is 247 g/mol. The molecule has 1 aliphatic rings.